The first-order chi connectivity index (χ1) is 9.78. The van der Waals surface area contributed by atoms with E-state index in [1.54, 1.807) is 6.07 Å². The Balaban J connectivity index is 1.88. The maximum atomic E-state index is 11.7. The van der Waals surface area contributed by atoms with Crippen LogP contribution in [0.2, 0.25) is 0 Å². The zero-order chi connectivity index (χ0) is 13.9. The highest BCUT2D eigenvalue weighted by atomic mass is 32.2. The van der Waals surface area contributed by atoms with Gasteiger partial charge in [0.05, 0.1) is 18.2 Å². The first kappa shape index (κ1) is 13.5. The number of nitrogens with one attached hydrogen (secondary N) is 1. The predicted molar refractivity (Wildman–Crippen MR) is 81.2 cm³/mol. The molecule has 1 saturated heterocycles. The molecule has 20 heavy (non-hydrogen) atoms. The third-order valence-electron chi connectivity index (χ3n) is 3.79. The molecule has 0 amide bonds. The average Bonchev–Trinajstić information content (AvgIpc) is 2.89. The Hall–Kier alpha value is -1.49. The van der Waals surface area contributed by atoms with Gasteiger partial charge in [0.1, 0.15) is 11.3 Å². The highest BCUT2D eigenvalue weighted by Crippen LogP contribution is 2.26. The Morgan fingerprint density at radius 1 is 1.45 bits per heavy atom. The third kappa shape index (κ3) is 2.68. The van der Waals surface area contributed by atoms with Crippen molar-refractivity contribution in [2.75, 3.05) is 18.6 Å². The Kier molecular flexibility index (Phi) is 3.96. The fourth-order valence-electron chi connectivity index (χ4n) is 2.68. The first-order valence-electron chi connectivity index (χ1n) is 6.91. The number of aromatic nitrogens is 2. The number of ether oxygens (including phenoxy) is 1. The number of imidazole rings is 1. The summed E-state index contributed by atoms with van der Waals surface area (Å²) in [6.45, 7) is 0. The molecular weight excluding hydrogens is 272 g/mol. The van der Waals surface area contributed by atoms with Crippen LogP contribution in [0.25, 0.3) is 11.0 Å². The van der Waals surface area contributed by atoms with Gasteiger partial charge in [-0.15, -0.1) is 0 Å². The maximum Gasteiger partial charge on any atom is 0.340 e. The molecule has 0 bridgehead atoms. The van der Waals surface area contributed by atoms with E-state index in [1.807, 2.05) is 23.9 Å². The molecule has 2 aromatic rings. The smallest absolute Gasteiger partial charge is 0.340 e. The number of methoxy groups -OCH3 is 1. The van der Waals surface area contributed by atoms with Crippen molar-refractivity contribution in [3.8, 4) is 0 Å². The molecule has 0 radical (unpaired) electrons. The van der Waals surface area contributed by atoms with E-state index in [0.717, 1.165) is 23.3 Å². The molecule has 1 fully saturated rings. The summed E-state index contributed by atoms with van der Waals surface area (Å²) in [4.78, 5) is 19.7. The van der Waals surface area contributed by atoms with Crippen LogP contribution in [-0.2, 0) is 11.2 Å². The van der Waals surface area contributed by atoms with Crippen LogP contribution in [0.15, 0.2) is 18.2 Å². The van der Waals surface area contributed by atoms with Gasteiger partial charge in [-0.05, 0) is 42.4 Å². The fraction of sp³-hybridized carbons (Fsp3) is 0.467. The van der Waals surface area contributed by atoms with Gasteiger partial charge in [-0.3, -0.25) is 0 Å². The van der Waals surface area contributed by atoms with Crippen LogP contribution in [0.3, 0.4) is 0 Å². The molecule has 0 aliphatic carbocycles. The number of para-hydroxylation sites is 1. The van der Waals surface area contributed by atoms with Crippen LogP contribution < -0.4 is 0 Å². The van der Waals surface area contributed by atoms with Crippen LogP contribution in [0.5, 0.6) is 0 Å². The van der Waals surface area contributed by atoms with Crippen LogP contribution >= 0.6 is 11.8 Å². The zero-order valence-electron chi connectivity index (χ0n) is 11.5. The molecule has 2 heterocycles. The summed E-state index contributed by atoms with van der Waals surface area (Å²) in [5, 5.41) is 0. The number of carbonyl (C=O) groups is 1. The van der Waals surface area contributed by atoms with Crippen molar-refractivity contribution in [3.05, 3.63) is 29.6 Å². The van der Waals surface area contributed by atoms with E-state index in [1.165, 1.54) is 31.5 Å². The number of thioether (sulfide) groups is 1. The van der Waals surface area contributed by atoms with Crippen molar-refractivity contribution in [3.63, 3.8) is 0 Å². The molecule has 5 heteroatoms. The zero-order valence-corrected chi connectivity index (χ0v) is 12.3. The number of H-pyrrole nitrogens is 1. The van der Waals surface area contributed by atoms with Crippen molar-refractivity contribution < 1.29 is 9.53 Å². The molecule has 0 unspecified atom stereocenters. The van der Waals surface area contributed by atoms with Gasteiger partial charge < -0.3 is 9.72 Å². The van der Waals surface area contributed by atoms with Gasteiger partial charge in [-0.2, -0.15) is 11.8 Å². The largest absolute Gasteiger partial charge is 0.465 e. The van der Waals surface area contributed by atoms with Gasteiger partial charge in [0.25, 0.3) is 0 Å². The standard InChI is InChI=1S/C15H18N2O2S/c1-19-15(18)11-3-2-4-12-14(11)17-13(16-12)9-10-5-7-20-8-6-10/h2-4,10H,5-9H2,1H3,(H,16,17). The minimum atomic E-state index is -0.331. The van der Waals surface area contributed by atoms with Crippen LogP contribution in [0.4, 0.5) is 0 Å². The molecule has 3 rings (SSSR count). The van der Waals surface area contributed by atoms with Gasteiger partial charge >= 0.3 is 5.97 Å². The highest BCUT2D eigenvalue weighted by Gasteiger charge is 2.18. The second-order valence-electron chi connectivity index (χ2n) is 5.14. The Labute approximate surface area is 122 Å². The molecule has 1 aliphatic rings. The lowest BCUT2D eigenvalue weighted by Gasteiger charge is -2.19. The number of carbonyl (C=O) groups excluding carboxylic acids is 1. The molecule has 0 spiro atoms. The number of esters is 1. The third-order valence-corrected chi connectivity index (χ3v) is 4.84. The van der Waals surface area contributed by atoms with E-state index in [4.69, 9.17) is 4.74 Å². The summed E-state index contributed by atoms with van der Waals surface area (Å²) in [6, 6.07) is 5.57. The van der Waals surface area contributed by atoms with E-state index < -0.39 is 0 Å². The van der Waals surface area contributed by atoms with Crippen molar-refractivity contribution in [1.82, 2.24) is 9.97 Å². The van der Waals surface area contributed by atoms with E-state index in [2.05, 4.69) is 9.97 Å². The number of benzene rings is 1. The van der Waals surface area contributed by atoms with E-state index in [-0.39, 0.29) is 5.97 Å². The van der Waals surface area contributed by atoms with Gasteiger partial charge in [-0.1, -0.05) is 6.07 Å². The molecule has 1 N–H and O–H groups in total. The molecule has 0 atom stereocenters. The molecule has 0 saturated carbocycles. The SMILES string of the molecule is COC(=O)c1cccc2[nH]c(CC3CCSCC3)nc12. The average molecular weight is 290 g/mol. The first-order valence-corrected chi connectivity index (χ1v) is 8.07. The van der Waals surface area contributed by atoms with E-state index >= 15 is 0 Å². The van der Waals surface area contributed by atoms with Crippen molar-refractivity contribution in [1.29, 1.82) is 0 Å². The topological polar surface area (TPSA) is 55.0 Å². The fourth-order valence-corrected chi connectivity index (χ4v) is 3.88. The lowest BCUT2D eigenvalue weighted by atomic mass is 9.99. The minimum absolute atomic E-state index is 0.331. The summed E-state index contributed by atoms with van der Waals surface area (Å²) in [5.41, 5.74) is 2.17. The molecule has 1 aliphatic heterocycles. The minimum Gasteiger partial charge on any atom is -0.465 e. The number of rotatable bonds is 3. The van der Waals surface area contributed by atoms with Crippen LogP contribution in [-0.4, -0.2) is 34.6 Å². The Morgan fingerprint density at radius 3 is 3.00 bits per heavy atom. The van der Waals surface area contributed by atoms with E-state index in [9.17, 15) is 4.79 Å². The molecule has 4 nitrogen and oxygen atoms in total. The Morgan fingerprint density at radius 2 is 2.25 bits per heavy atom. The highest BCUT2D eigenvalue weighted by molar-refractivity contribution is 7.99. The second kappa shape index (κ2) is 5.87. The summed E-state index contributed by atoms with van der Waals surface area (Å²) in [5.74, 6) is 3.85. The van der Waals surface area contributed by atoms with Crippen molar-refractivity contribution in [2.45, 2.75) is 19.3 Å². The Bertz CT molecular complexity index is 617. The monoisotopic (exact) mass is 290 g/mol. The number of nitrogens with zero attached hydrogens (tertiary/aromatic N) is 1. The van der Waals surface area contributed by atoms with Gasteiger partial charge in [0.15, 0.2) is 0 Å². The van der Waals surface area contributed by atoms with Gasteiger partial charge in [0, 0.05) is 6.42 Å². The normalized spacial score (nSPS) is 16.4. The predicted octanol–water partition coefficient (Wildman–Crippen LogP) is 3.04. The molecule has 1 aromatic heterocycles. The summed E-state index contributed by atoms with van der Waals surface area (Å²) >= 11 is 2.03. The van der Waals surface area contributed by atoms with Gasteiger partial charge in [-0.25, -0.2) is 9.78 Å². The maximum absolute atomic E-state index is 11.7. The molecule has 1 aromatic carbocycles. The quantitative estimate of drug-likeness (QED) is 0.883. The van der Waals surface area contributed by atoms with Gasteiger partial charge in [0.2, 0.25) is 0 Å². The molecule has 106 valence electrons. The van der Waals surface area contributed by atoms with E-state index in [0.29, 0.717) is 11.5 Å². The number of hydrogen-bond donors (Lipinski definition) is 1. The van der Waals surface area contributed by atoms with Crippen molar-refractivity contribution >= 4 is 28.8 Å². The lowest BCUT2D eigenvalue weighted by molar-refractivity contribution is 0.0603. The number of hydrogen-bond acceptors (Lipinski definition) is 4. The van der Waals surface area contributed by atoms with Crippen molar-refractivity contribution in [2.24, 2.45) is 5.92 Å². The second-order valence-corrected chi connectivity index (χ2v) is 6.36. The number of fused-ring (bicyclic) bond motifs is 1. The lowest BCUT2D eigenvalue weighted by Crippen LogP contribution is -2.12. The summed E-state index contributed by atoms with van der Waals surface area (Å²) in [7, 11) is 1.40. The molecular formula is C15H18N2O2S. The summed E-state index contributed by atoms with van der Waals surface area (Å²) in [6.07, 6.45) is 3.48. The number of aromatic amines is 1. The van der Waals surface area contributed by atoms with Crippen LogP contribution in [0.1, 0.15) is 29.0 Å². The summed E-state index contributed by atoms with van der Waals surface area (Å²) < 4.78 is 4.81. The van der Waals surface area contributed by atoms with Crippen LogP contribution in [0, 0.1) is 5.92 Å².